The van der Waals surface area contributed by atoms with Crippen molar-refractivity contribution in [2.75, 3.05) is 12.1 Å². The van der Waals surface area contributed by atoms with E-state index in [9.17, 15) is 4.79 Å². The zero-order valence-electron chi connectivity index (χ0n) is 12.4. The fourth-order valence-electron chi connectivity index (χ4n) is 2.31. The lowest BCUT2D eigenvalue weighted by Crippen LogP contribution is -2.26. The monoisotopic (exact) mass is 312 g/mol. The molecule has 0 bridgehead atoms. The molecule has 118 valence electrons. The number of nitrogens with one attached hydrogen (secondary N) is 2. The first kappa shape index (κ1) is 13.8. The molecule has 0 unspecified atom stereocenters. The molecule has 2 N–H and O–H groups in total. The smallest absolute Gasteiger partial charge is 0.270 e. The van der Waals surface area contributed by atoms with Gasteiger partial charge >= 0.3 is 0 Å². The van der Waals surface area contributed by atoms with Crippen molar-refractivity contribution in [1.82, 2.24) is 15.3 Å². The molecule has 7 heteroatoms. The van der Waals surface area contributed by atoms with Gasteiger partial charge in [-0.25, -0.2) is 9.97 Å². The number of aromatic nitrogens is 2. The summed E-state index contributed by atoms with van der Waals surface area (Å²) in [7, 11) is 0. The van der Waals surface area contributed by atoms with Gasteiger partial charge in [0.15, 0.2) is 11.5 Å². The van der Waals surface area contributed by atoms with Gasteiger partial charge in [0.1, 0.15) is 17.8 Å². The van der Waals surface area contributed by atoms with Crippen LogP contribution in [0.3, 0.4) is 0 Å². The molecule has 1 saturated carbocycles. The number of carbonyl (C=O) groups excluding carboxylic acids is 1. The fourth-order valence-corrected chi connectivity index (χ4v) is 2.31. The molecule has 23 heavy (non-hydrogen) atoms. The number of hydrogen-bond acceptors (Lipinski definition) is 6. The van der Waals surface area contributed by atoms with Crippen LogP contribution in [-0.4, -0.2) is 28.7 Å². The van der Waals surface area contributed by atoms with E-state index in [1.165, 1.54) is 6.33 Å². The molecule has 1 aliphatic heterocycles. The first-order valence-corrected chi connectivity index (χ1v) is 7.53. The maximum atomic E-state index is 12.0. The minimum atomic E-state index is -0.152. The summed E-state index contributed by atoms with van der Waals surface area (Å²) in [6.07, 6.45) is 3.49. The Bertz CT molecular complexity index is 746. The van der Waals surface area contributed by atoms with Crippen molar-refractivity contribution < 1.29 is 14.3 Å². The number of benzene rings is 1. The zero-order chi connectivity index (χ0) is 15.6. The van der Waals surface area contributed by atoms with Crippen molar-refractivity contribution in [2.24, 2.45) is 0 Å². The predicted molar refractivity (Wildman–Crippen MR) is 82.4 cm³/mol. The van der Waals surface area contributed by atoms with Gasteiger partial charge in [0.2, 0.25) is 6.79 Å². The molecular formula is C16H16N4O3. The lowest BCUT2D eigenvalue weighted by Gasteiger charge is -2.08. The number of nitrogens with zero attached hydrogens (tertiary/aromatic N) is 2. The Morgan fingerprint density at radius 2 is 2.04 bits per heavy atom. The molecule has 0 radical (unpaired) electrons. The van der Waals surface area contributed by atoms with Crippen LogP contribution in [0, 0.1) is 0 Å². The number of rotatable bonds is 5. The molecule has 2 aromatic rings. The van der Waals surface area contributed by atoms with Gasteiger partial charge < -0.3 is 20.1 Å². The maximum Gasteiger partial charge on any atom is 0.270 e. The Hall–Kier alpha value is -2.83. The number of hydrogen-bond donors (Lipinski definition) is 2. The highest BCUT2D eigenvalue weighted by Gasteiger charge is 2.24. The standard InChI is InChI=1S/C16H16N4O3/c21-16(20-11-2-3-11)12-6-15(19-8-18-12)17-7-10-1-4-13-14(5-10)23-9-22-13/h1,4-6,8,11H,2-3,7,9H2,(H,20,21)(H,17,18,19). The molecule has 1 aliphatic carbocycles. The van der Waals surface area contributed by atoms with Crippen molar-refractivity contribution in [3.8, 4) is 11.5 Å². The van der Waals surface area contributed by atoms with Crippen LogP contribution < -0.4 is 20.1 Å². The van der Waals surface area contributed by atoms with E-state index < -0.39 is 0 Å². The third kappa shape index (κ3) is 3.18. The number of amides is 1. The molecule has 0 saturated heterocycles. The van der Waals surface area contributed by atoms with Gasteiger partial charge in [-0.3, -0.25) is 4.79 Å². The van der Waals surface area contributed by atoms with E-state index in [2.05, 4.69) is 20.6 Å². The first-order valence-electron chi connectivity index (χ1n) is 7.53. The summed E-state index contributed by atoms with van der Waals surface area (Å²) in [5.41, 5.74) is 1.41. The molecule has 1 amide bonds. The van der Waals surface area contributed by atoms with Gasteiger partial charge in [-0.05, 0) is 30.5 Å². The zero-order valence-corrected chi connectivity index (χ0v) is 12.4. The first-order chi connectivity index (χ1) is 11.3. The van der Waals surface area contributed by atoms with Gasteiger partial charge in [0.25, 0.3) is 5.91 Å². The number of fused-ring (bicyclic) bond motifs is 1. The molecule has 0 atom stereocenters. The summed E-state index contributed by atoms with van der Waals surface area (Å²) in [6.45, 7) is 0.828. The van der Waals surface area contributed by atoms with Crippen LogP contribution in [0.15, 0.2) is 30.6 Å². The lowest BCUT2D eigenvalue weighted by molar-refractivity contribution is 0.0946. The summed E-state index contributed by atoms with van der Waals surface area (Å²) < 4.78 is 10.6. The van der Waals surface area contributed by atoms with Crippen molar-refractivity contribution in [1.29, 1.82) is 0 Å². The second-order valence-electron chi connectivity index (χ2n) is 5.58. The Morgan fingerprint density at radius 3 is 2.91 bits per heavy atom. The van der Waals surface area contributed by atoms with E-state index in [4.69, 9.17) is 9.47 Å². The minimum Gasteiger partial charge on any atom is -0.454 e. The Labute approximate surface area is 133 Å². The summed E-state index contributed by atoms with van der Waals surface area (Å²) in [5.74, 6) is 1.96. The van der Waals surface area contributed by atoms with Crippen LogP contribution >= 0.6 is 0 Å². The number of ether oxygens (including phenoxy) is 2. The van der Waals surface area contributed by atoms with Gasteiger partial charge in [0.05, 0.1) is 0 Å². The van der Waals surface area contributed by atoms with Crippen molar-refractivity contribution in [3.63, 3.8) is 0 Å². The second-order valence-corrected chi connectivity index (χ2v) is 5.58. The SMILES string of the molecule is O=C(NC1CC1)c1cc(NCc2ccc3c(c2)OCO3)ncn1. The Morgan fingerprint density at radius 1 is 1.17 bits per heavy atom. The lowest BCUT2D eigenvalue weighted by atomic mass is 10.2. The van der Waals surface area contributed by atoms with E-state index in [0.717, 1.165) is 29.9 Å². The molecule has 2 aliphatic rings. The minimum absolute atomic E-state index is 0.152. The maximum absolute atomic E-state index is 12.0. The van der Waals surface area contributed by atoms with E-state index >= 15 is 0 Å². The van der Waals surface area contributed by atoms with Crippen molar-refractivity contribution in [2.45, 2.75) is 25.4 Å². The van der Waals surface area contributed by atoms with Crippen LogP contribution in [0.4, 0.5) is 5.82 Å². The molecular weight excluding hydrogens is 296 g/mol. The Balaban J connectivity index is 1.41. The summed E-state index contributed by atoms with van der Waals surface area (Å²) in [5, 5.41) is 6.10. The van der Waals surface area contributed by atoms with Gasteiger partial charge in [-0.15, -0.1) is 0 Å². The average molecular weight is 312 g/mol. The summed E-state index contributed by atoms with van der Waals surface area (Å²) in [6, 6.07) is 7.74. The van der Waals surface area contributed by atoms with Crippen LogP contribution in [-0.2, 0) is 6.54 Å². The average Bonchev–Trinajstić information content (AvgIpc) is 3.26. The highest BCUT2D eigenvalue weighted by atomic mass is 16.7. The second kappa shape index (κ2) is 5.75. The molecule has 4 rings (SSSR count). The van der Waals surface area contributed by atoms with Crippen LogP contribution in [0.5, 0.6) is 11.5 Å². The van der Waals surface area contributed by atoms with Gasteiger partial charge in [-0.2, -0.15) is 0 Å². The van der Waals surface area contributed by atoms with Crippen LogP contribution in [0.2, 0.25) is 0 Å². The third-order valence-electron chi connectivity index (χ3n) is 3.72. The van der Waals surface area contributed by atoms with E-state index in [-0.39, 0.29) is 12.7 Å². The van der Waals surface area contributed by atoms with Crippen LogP contribution in [0.25, 0.3) is 0 Å². The summed E-state index contributed by atoms with van der Waals surface area (Å²) in [4.78, 5) is 20.2. The molecule has 0 spiro atoms. The molecule has 1 fully saturated rings. The third-order valence-corrected chi connectivity index (χ3v) is 3.72. The van der Waals surface area contributed by atoms with Gasteiger partial charge in [0, 0.05) is 18.7 Å². The molecule has 2 heterocycles. The highest BCUT2D eigenvalue weighted by molar-refractivity contribution is 5.93. The molecule has 1 aromatic carbocycles. The normalized spacial score (nSPS) is 15.3. The van der Waals surface area contributed by atoms with Crippen LogP contribution in [0.1, 0.15) is 28.9 Å². The molecule has 1 aromatic heterocycles. The fraction of sp³-hybridized carbons (Fsp3) is 0.312. The van der Waals surface area contributed by atoms with E-state index in [1.54, 1.807) is 6.07 Å². The van der Waals surface area contributed by atoms with Crippen molar-refractivity contribution in [3.05, 3.63) is 41.9 Å². The Kier molecular flexibility index (Phi) is 3.45. The predicted octanol–water partition coefficient (Wildman–Crippen LogP) is 1.71. The highest BCUT2D eigenvalue weighted by Crippen LogP contribution is 2.32. The van der Waals surface area contributed by atoms with E-state index in [0.29, 0.717) is 24.1 Å². The molecule has 7 nitrogen and oxygen atoms in total. The number of carbonyl (C=O) groups is 1. The van der Waals surface area contributed by atoms with Gasteiger partial charge in [-0.1, -0.05) is 6.07 Å². The number of anilines is 1. The largest absolute Gasteiger partial charge is 0.454 e. The summed E-state index contributed by atoms with van der Waals surface area (Å²) >= 11 is 0. The topological polar surface area (TPSA) is 85.4 Å². The quantitative estimate of drug-likeness (QED) is 0.874. The van der Waals surface area contributed by atoms with E-state index in [1.807, 2.05) is 18.2 Å². The van der Waals surface area contributed by atoms with Crippen molar-refractivity contribution >= 4 is 11.7 Å².